The van der Waals surface area contributed by atoms with Crippen LogP contribution in [0.4, 0.5) is 5.82 Å². The van der Waals surface area contributed by atoms with Gasteiger partial charge in [0.25, 0.3) is 0 Å². The lowest BCUT2D eigenvalue weighted by Gasteiger charge is -2.40. The van der Waals surface area contributed by atoms with Crippen LogP contribution in [0.3, 0.4) is 0 Å². The second kappa shape index (κ2) is 8.53. The van der Waals surface area contributed by atoms with E-state index in [0.717, 1.165) is 43.4 Å². The highest BCUT2D eigenvalue weighted by atomic mass is 35.5. The summed E-state index contributed by atoms with van der Waals surface area (Å²) in [7, 11) is 3.36. The topological polar surface area (TPSA) is 50.7 Å². The van der Waals surface area contributed by atoms with Gasteiger partial charge in [0.05, 0.1) is 14.2 Å². The van der Waals surface area contributed by atoms with Crippen molar-refractivity contribution in [3.63, 3.8) is 0 Å². The van der Waals surface area contributed by atoms with Gasteiger partial charge < -0.3 is 14.4 Å². The van der Waals surface area contributed by atoms with Crippen molar-refractivity contribution in [3.05, 3.63) is 41.3 Å². The molecule has 150 valence electrons. The van der Waals surface area contributed by atoms with Crippen LogP contribution in [0, 0.1) is 0 Å². The predicted molar refractivity (Wildman–Crippen MR) is 110 cm³/mol. The summed E-state index contributed by atoms with van der Waals surface area (Å²) in [6.07, 6.45) is 6.66. The standard InChI is InChI=1S/C21H27ClN4O2/c1-27-18-8-5-15(12-19(18)28-2)13-26(16-6-7-16)17-4-3-11-25(14-17)20-9-10-23-21(22)24-20/h5,8-10,12,16-17H,3-4,6-7,11,13-14H2,1-2H3/t17-/m1/s1. The molecule has 6 nitrogen and oxygen atoms in total. The molecule has 2 heterocycles. The van der Waals surface area contributed by atoms with E-state index in [9.17, 15) is 0 Å². The van der Waals surface area contributed by atoms with Crippen LogP contribution in [0.2, 0.25) is 5.28 Å². The number of nitrogens with zero attached hydrogens (tertiary/aromatic N) is 4. The second-order valence-corrected chi connectivity index (χ2v) is 7.86. The first-order valence-corrected chi connectivity index (χ1v) is 10.3. The highest BCUT2D eigenvalue weighted by Crippen LogP contribution is 2.35. The fourth-order valence-electron chi connectivity index (χ4n) is 4.09. The molecule has 0 bridgehead atoms. The summed E-state index contributed by atoms with van der Waals surface area (Å²) in [4.78, 5) is 13.4. The summed E-state index contributed by atoms with van der Waals surface area (Å²) in [5, 5.41) is 0.309. The van der Waals surface area contributed by atoms with Gasteiger partial charge in [0.15, 0.2) is 11.5 Å². The summed E-state index contributed by atoms with van der Waals surface area (Å²) in [6.45, 7) is 2.91. The van der Waals surface area contributed by atoms with Crippen LogP contribution in [0.15, 0.2) is 30.5 Å². The molecular weight excluding hydrogens is 376 g/mol. The summed E-state index contributed by atoms with van der Waals surface area (Å²) in [5.41, 5.74) is 1.26. The number of methoxy groups -OCH3 is 2. The maximum Gasteiger partial charge on any atom is 0.224 e. The normalized spacial score (nSPS) is 19.7. The van der Waals surface area contributed by atoms with Gasteiger partial charge in [-0.3, -0.25) is 4.90 Å². The van der Waals surface area contributed by atoms with Gasteiger partial charge in [-0.2, -0.15) is 0 Å². The Bertz CT molecular complexity index is 815. The summed E-state index contributed by atoms with van der Waals surface area (Å²) in [6, 6.07) is 9.36. The molecule has 0 amide bonds. The molecule has 0 N–H and O–H groups in total. The maximum atomic E-state index is 6.00. The first kappa shape index (κ1) is 19.3. The summed E-state index contributed by atoms with van der Waals surface area (Å²) in [5.74, 6) is 2.48. The predicted octanol–water partition coefficient (Wildman–Crippen LogP) is 3.78. The van der Waals surface area contributed by atoms with Crippen molar-refractivity contribution in [1.82, 2.24) is 14.9 Å². The Morgan fingerprint density at radius 1 is 1.11 bits per heavy atom. The van der Waals surface area contributed by atoms with Crippen molar-refractivity contribution >= 4 is 17.4 Å². The largest absolute Gasteiger partial charge is 0.493 e. The van der Waals surface area contributed by atoms with Crippen molar-refractivity contribution in [1.29, 1.82) is 0 Å². The Hall–Kier alpha value is -2.05. The number of rotatable bonds is 7. The van der Waals surface area contributed by atoms with E-state index in [-0.39, 0.29) is 0 Å². The van der Waals surface area contributed by atoms with Crippen molar-refractivity contribution in [2.45, 2.75) is 44.3 Å². The molecule has 0 spiro atoms. The first-order valence-electron chi connectivity index (χ1n) is 9.88. The number of benzene rings is 1. The molecule has 1 atom stereocenters. The third-order valence-electron chi connectivity index (χ3n) is 5.63. The van der Waals surface area contributed by atoms with Gasteiger partial charge in [-0.05, 0) is 61.0 Å². The number of aromatic nitrogens is 2. The van der Waals surface area contributed by atoms with Crippen LogP contribution in [0.1, 0.15) is 31.2 Å². The van der Waals surface area contributed by atoms with Crippen molar-refractivity contribution in [2.75, 3.05) is 32.2 Å². The molecule has 1 saturated carbocycles. The van der Waals surface area contributed by atoms with Gasteiger partial charge in [-0.15, -0.1) is 0 Å². The molecule has 4 rings (SSSR count). The van der Waals surface area contributed by atoms with Crippen LogP contribution in [-0.2, 0) is 6.54 Å². The molecule has 0 radical (unpaired) electrons. The second-order valence-electron chi connectivity index (χ2n) is 7.52. The molecule has 1 aliphatic carbocycles. The van der Waals surface area contributed by atoms with Gasteiger partial charge in [-0.1, -0.05) is 6.07 Å². The average Bonchev–Trinajstić information content (AvgIpc) is 3.57. The zero-order chi connectivity index (χ0) is 19.5. The zero-order valence-electron chi connectivity index (χ0n) is 16.5. The van der Waals surface area contributed by atoms with Gasteiger partial charge in [0.2, 0.25) is 5.28 Å². The highest BCUT2D eigenvalue weighted by molar-refractivity contribution is 6.28. The molecule has 1 saturated heterocycles. The molecule has 1 aromatic carbocycles. The first-order chi connectivity index (χ1) is 13.7. The lowest BCUT2D eigenvalue weighted by atomic mass is 10.0. The van der Waals surface area contributed by atoms with Gasteiger partial charge in [0.1, 0.15) is 5.82 Å². The molecule has 2 aliphatic rings. The lowest BCUT2D eigenvalue weighted by molar-refractivity contribution is 0.157. The fraction of sp³-hybridized carbons (Fsp3) is 0.524. The Morgan fingerprint density at radius 3 is 2.64 bits per heavy atom. The minimum absolute atomic E-state index is 0.309. The monoisotopic (exact) mass is 402 g/mol. The lowest BCUT2D eigenvalue weighted by Crippen LogP contribution is -2.48. The van der Waals surface area contributed by atoms with Gasteiger partial charge in [-0.25, -0.2) is 9.97 Å². The SMILES string of the molecule is COc1ccc(CN(C2CC2)[C@@H]2CCCN(c3ccnc(Cl)n3)C2)cc1OC. The highest BCUT2D eigenvalue weighted by Gasteiger charge is 2.36. The molecule has 28 heavy (non-hydrogen) atoms. The zero-order valence-corrected chi connectivity index (χ0v) is 17.2. The molecule has 0 unspecified atom stereocenters. The fourth-order valence-corrected chi connectivity index (χ4v) is 4.23. The molecule has 7 heteroatoms. The smallest absolute Gasteiger partial charge is 0.224 e. The summed E-state index contributed by atoms with van der Waals surface area (Å²) < 4.78 is 10.9. The van der Waals surface area contributed by atoms with E-state index >= 15 is 0 Å². The third kappa shape index (κ3) is 4.33. The number of hydrogen-bond donors (Lipinski definition) is 0. The third-order valence-corrected chi connectivity index (χ3v) is 5.81. The quantitative estimate of drug-likeness (QED) is 0.657. The summed E-state index contributed by atoms with van der Waals surface area (Å²) >= 11 is 6.00. The molecule has 2 aromatic rings. The minimum Gasteiger partial charge on any atom is -0.493 e. The van der Waals surface area contributed by atoms with E-state index in [1.165, 1.54) is 24.8 Å². The Labute approximate surface area is 171 Å². The van der Waals surface area contributed by atoms with E-state index < -0.39 is 0 Å². The maximum absolute atomic E-state index is 6.00. The van der Waals surface area contributed by atoms with E-state index in [0.29, 0.717) is 17.4 Å². The van der Waals surface area contributed by atoms with E-state index in [1.807, 2.05) is 12.1 Å². The average molecular weight is 403 g/mol. The van der Waals surface area contributed by atoms with Gasteiger partial charge >= 0.3 is 0 Å². The van der Waals surface area contributed by atoms with E-state index in [2.05, 4.69) is 31.9 Å². The Balaban J connectivity index is 1.50. The van der Waals surface area contributed by atoms with Crippen LogP contribution in [0.5, 0.6) is 11.5 Å². The Kier molecular flexibility index (Phi) is 5.87. The van der Waals surface area contributed by atoms with Gasteiger partial charge in [0, 0.05) is 37.9 Å². The number of ether oxygens (including phenoxy) is 2. The van der Waals surface area contributed by atoms with E-state index in [4.69, 9.17) is 21.1 Å². The van der Waals surface area contributed by atoms with Crippen molar-refractivity contribution < 1.29 is 9.47 Å². The van der Waals surface area contributed by atoms with Crippen LogP contribution in [0.25, 0.3) is 0 Å². The Morgan fingerprint density at radius 2 is 1.93 bits per heavy atom. The van der Waals surface area contributed by atoms with E-state index in [1.54, 1.807) is 20.4 Å². The van der Waals surface area contributed by atoms with Crippen LogP contribution in [-0.4, -0.2) is 54.3 Å². The van der Waals surface area contributed by atoms with Crippen molar-refractivity contribution in [2.24, 2.45) is 0 Å². The molecule has 2 fully saturated rings. The molecular formula is C21H27ClN4O2. The molecule has 1 aromatic heterocycles. The van der Waals surface area contributed by atoms with Crippen molar-refractivity contribution in [3.8, 4) is 11.5 Å². The number of anilines is 1. The number of piperidine rings is 1. The van der Waals surface area contributed by atoms with Crippen LogP contribution >= 0.6 is 11.6 Å². The van der Waals surface area contributed by atoms with Crippen LogP contribution < -0.4 is 14.4 Å². The number of halogens is 1. The minimum atomic E-state index is 0.309. The number of hydrogen-bond acceptors (Lipinski definition) is 6. The molecule has 1 aliphatic heterocycles.